The number of likely N-dealkylation sites (tertiary alicyclic amines) is 1. The van der Waals surface area contributed by atoms with Crippen molar-refractivity contribution in [3.8, 4) is 5.69 Å². The van der Waals surface area contributed by atoms with Gasteiger partial charge >= 0.3 is 6.18 Å². The molecule has 1 saturated heterocycles. The first kappa shape index (κ1) is 28.9. The second-order valence-corrected chi connectivity index (χ2v) is 14.4. The van der Waals surface area contributed by atoms with Crippen LogP contribution in [0, 0.1) is 10.8 Å². The first-order valence-electron chi connectivity index (χ1n) is 13.9. The molecule has 1 aliphatic heterocycles. The summed E-state index contributed by atoms with van der Waals surface area (Å²) in [5.74, 6) is 0.926. The highest BCUT2D eigenvalue weighted by molar-refractivity contribution is 7.98. The van der Waals surface area contributed by atoms with Crippen molar-refractivity contribution in [2.75, 3.05) is 6.54 Å². The molecule has 0 spiro atoms. The highest BCUT2D eigenvalue weighted by Crippen LogP contribution is 2.52. The lowest BCUT2D eigenvalue weighted by molar-refractivity contribution is -0.137. The molecule has 0 radical (unpaired) electrons. The number of alkyl halides is 3. The normalized spacial score (nSPS) is 21.6. The summed E-state index contributed by atoms with van der Waals surface area (Å²) in [6.45, 7) is 7.61. The van der Waals surface area contributed by atoms with Crippen LogP contribution in [0.1, 0.15) is 72.5 Å². The van der Waals surface area contributed by atoms with E-state index in [1.54, 1.807) is 10.6 Å². The molecule has 2 bridgehead atoms. The molecule has 6 nitrogen and oxygen atoms in total. The Kier molecular flexibility index (Phi) is 7.45. The zero-order valence-electron chi connectivity index (χ0n) is 23.7. The topological polar surface area (TPSA) is 63.9 Å². The molecule has 3 heterocycles. The van der Waals surface area contributed by atoms with Crippen LogP contribution in [0.15, 0.2) is 65.1 Å². The Labute approximate surface area is 251 Å². The molecular weight excluding hydrogens is 580 g/mol. The molecule has 2 aromatic carbocycles. The number of aromatic nitrogens is 4. The number of nitrogens with zero attached hydrogens (tertiary/aromatic N) is 5. The summed E-state index contributed by atoms with van der Waals surface area (Å²) in [5, 5.41) is 11.7. The SMILES string of the molecule is CC1(C)CC2CC(C)(CN2C(=O)c2csc(CSc3nnc(Cc4ccccc4)n3-c3cccc(C(F)(F)F)c3)n2)C1. The van der Waals surface area contributed by atoms with E-state index in [4.69, 9.17) is 0 Å². The van der Waals surface area contributed by atoms with Gasteiger partial charge in [-0.1, -0.05) is 68.9 Å². The molecule has 4 aromatic rings. The van der Waals surface area contributed by atoms with E-state index in [1.165, 1.54) is 29.2 Å². The van der Waals surface area contributed by atoms with E-state index in [2.05, 4.69) is 36.0 Å². The number of fused-ring (bicyclic) bond motifs is 2. The Morgan fingerprint density at radius 3 is 2.62 bits per heavy atom. The standard InChI is InChI=1S/C31H32F3N5OS2/c1-29(2)14-23-15-30(3,18-29)19-38(23)27(40)24-16-41-26(35-24)17-42-28-37-36-25(12-20-8-5-4-6-9-20)39(28)22-11-7-10-21(13-22)31(32,33)34/h4-11,13,16,23H,12,14-15,17-19H2,1-3H3. The van der Waals surface area contributed by atoms with Crippen molar-refractivity contribution in [1.29, 1.82) is 0 Å². The summed E-state index contributed by atoms with van der Waals surface area (Å²) < 4.78 is 42.3. The lowest BCUT2D eigenvalue weighted by atomic mass is 9.65. The number of rotatable bonds is 7. The van der Waals surface area contributed by atoms with E-state index >= 15 is 0 Å². The van der Waals surface area contributed by atoms with Gasteiger partial charge in [-0.25, -0.2) is 4.98 Å². The van der Waals surface area contributed by atoms with Crippen LogP contribution in [-0.4, -0.2) is 43.1 Å². The fourth-order valence-electron chi connectivity index (χ4n) is 6.81. The van der Waals surface area contributed by atoms with Gasteiger partial charge in [0.1, 0.15) is 16.5 Å². The fraction of sp³-hybridized carbons (Fsp3) is 0.419. The average molecular weight is 612 g/mol. The van der Waals surface area contributed by atoms with Crippen molar-refractivity contribution in [3.05, 3.63) is 87.6 Å². The summed E-state index contributed by atoms with van der Waals surface area (Å²) in [6, 6.07) is 15.1. The third-order valence-corrected chi connectivity index (χ3v) is 10.1. The highest BCUT2D eigenvalue weighted by Gasteiger charge is 2.51. The molecule has 0 N–H and O–H groups in total. The molecule has 1 saturated carbocycles. The maximum atomic E-state index is 13.6. The first-order chi connectivity index (χ1) is 19.9. The lowest BCUT2D eigenvalue weighted by Crippen LogP contribution is -2.37. The largest absolute Gasteiger partial charge is 0.416 e. The molecule has 2 atom stereocenters. The monoisotopic (exact) mass is 611 g/mol. The van der Waals surface area contributed by atoms with Crippen LogP contribution in [-0.2, 0) is 18.3 Å². The van der Waals surface area contributed by atoms with Gasteiger partial charge < -0.3 is 4.90 Å². The third-order valence-electron chi connectivity index (χ3n) is 8.11. The van der Waals surface area contributed by atoms with Crippen molar-refractivity contribution in [2.24, 2.45) is 10.8 Å². The van der Waals surface area contributed by atoms with Crippen LogP contribution in [0.25, 0.3) is 5.69 Å². The molecule has 2 fully saturated rings. The van der Waals surface area contributed by atoms with Gasteiger partial charge in [0.25, 0.3) is 5.91 Å². The molecule has 220 valence electrons. The van der Waals surface area contributed by atoms with Crippen LogP contribution >= 0.6 is 23.1 Å². The van der Waals surface area contributed by atoms with Crippen LogP contribution in [0.3, 0.4) is 0 Å². The number of carbonyl (C=O) groups is 1. The van der Waals surface area contributed by atoms with Gasteiger partial charge in [-0.05, 0) is 53.9 Å². The average Bonchev–Trinajstić information content (AvgIpc) is 3.62. The molecule has 2 unspecified atom stereocenters. The van der Waals surface area contributed by atoms with E-state index in [9.17, 15) is 18.0 Å². The van der Waals surface area contributed by atoms with Crippen molar-refractivity contribution in [1.82, 2.24) is 24.6 Å². The Hall–Kier alpha value is -3.18. The van der Waals surface area contributed by atoms with Gasteiger partial charge in [-0.15, -0.1) is 21.5 Å². The summed E-state index contributed by atoms with van der Waals surface area (Å²) in [6.07, 6.45) is -0.920. The minimum Gasteiger partial charge on any atom is -0.334 e. The number of halogens is 3. The van der Waals surface area contributed by atoms with Crippen molar-refractivity contribution in [2.45, 2.75) is 69.6 Å². The van der Waals surface area contributed by atoms with Gasteiger partial charge in [-0.2, -0.15) is 13.2 Å². The predicted octanol–water partition coefficient (Wildman–Crippen LogP) is 7.67. The maximum Gasteiger partial charge on any atom is 0.416 e. The van der Waals surface area contributed by atoms with Gasteiger partial charge in [0.05, 0.1) is 17.0 Å². The zero-order valence-corrected chi connectivity index (χ0v) is 25.3. The van der Waals surface area contributed by atoms with Gasteiger partial charge in [0.15, 0.2) is 5.16 Å². The van der Waals surface area contributed by atoms with Crippen molar-refractivity contribution >= 4 is 29.0 Å². The number of hydrogen-bond donors (Lipinski definition) is 0. The number of thioether (sulfide) groups is 1. The van der Waals surface area contributed by atoms with E-state index in [1.807, 2.05) is 40.6 Å². The Morgan fingerprint density at radius 1 is 1.07 bits per heavy atom. The number of amides is 1. The minimum atomic E-state index is -4.47. The number of thiazole rings is 1. The Bertz CT molecular complexity index is 1600. The lowest BCUT2D eigenvalue weighted by Gasteiger charge is -2.39. The molecule has 42 heavy (non-hydrogen) atoms. The highest BCUT2D eigenvalue weighted by atomic mass is 32.2. The predicted molar refractivity (Wildman–Crippen MR) is 158 cm³/mol. The molecular formula is C31H32F3N5OS2. The van der Waals surface area contributed by atoms with E-state index < -0.39 is 11.7 Å². The third kappa shape index (κ3) is 5.99. The van der Waals surface area contributed by atoms with Gasteiger partial charge in [-0.3, -0.25) is 9.36 Å². The molecule has 6 rings (SSSR count). The minimum absolute atomic E-state index is 0.0220. The smallest absolute Gasteiger partial charge is 0.334 e. The van der Waals surface area contributed by atoms with Crippen molar-refractivity contribution in [3.63, 3.8) is 0 Å². The van der Waals surface area contributed by atoms with E-state index in [0.717, 1.165) is 48.5 Å². The van der Waals surface area contributed by atoms with E-state index in [0.29, 0.717) is 34.5 Å². The van der Waals surface area contributed by atoms with Crippen LogP contribution < -0.4 is 0 Å². The molecule has 2 aliphatic rings. The molecule has 11 heteroatoms. The number of benzene rings is 2. The summed E-state index contributed by atoms with van der Waals surface area (Å²) >= 11 is 2.75. The van der Waals surface area contributed by atoms with Crippen LogP contribution in [0.2, 0.25) is 0 Å². The van der Waals surface area contributed by atoms with Gasteiger partial charge in [0, 0.05) is 24.4 Å². The first-order valence-corrected chi connectivity index (χ1v) is 15.8. The number of carbonyl (C=O) groups excluding carboxylic acids is 1. The van der Waals surface area contributed by atoms with Crippen LogP contribution in [0.4, 0.5) is 13.2 Å². The molecule has 1 amide bonds. The second-order valence-electron chi connectivity index (χ2n) is 12.5. The zero-order chi connectivity index (χ0) is 29.7. The quantitative estimate of drug-likeness (QED) is 0.201. The molecule has 2 aromatic heterocycles. The van der Waals surface area contributed by atoms with E-state index in [-0.39, 0.29) is 22.8 Å². The second kappa shape index (κ2) is 10.8. The summed E-state index contributed by atoms with van der Waals surface area (Å²) in [4.78, 5) is 20.2. The van der Waals surface area contributed by atoms with Crippen molar-refractivity contribution < 1.29 is 18.0 Å². The number of hydrogen-bond acceptors (Lipinski definition) is 6. The summed E-state index contributed by atoms with van der Waals surface area (Å²) in [5.41, 5.74) is 1.39. The summed E-state index contributed by atoms with van der Waals surface area (Å²) in [7, 11) is 0. The molecule has 1 aliphatic carbocycles. The maximum absolute atomic E-state index is 13.6. The van der Waals surface area contributed by atoms with Gasteiger partial charge in [0.2, 0.25) is 0 Å². The Morgan fingerprint density at radius 2 is 1.86 bits per heavy atom. The fourth-order valence-corrected chi connectivity index (χ4v) is 8.57. The Balaban J connectivity index is 1.23. The van der Waals surface area contributed by atoms with Crippen LogP contribution in [0.5, 0.6) is 0 Å².